The third kappa shape index (κ3) is 10.6. The largest absolute Gasteiger partial charge is 0.444 e. The van der Waals surface area contributed by atoms with Crippen LogP contribution < -0.4 is 0 Å². The van der Waals surface area contributed by atoms with Gasteiger partial charge in [-0.1, -0.05) is 0 Å². The highest BCUT2D eigenvalue weighted by Gasteiger charge is 2.36. The van der Waals surface area contributed by atoms with Crippen LogP contribution in [0.3, 0.4) is 0 Å². The summed E-state index contributed by atoms with van der Waals surface area (Å²) in [5.41, 5.74) is 0.110. The third-order valence-corrected chi connectivity index (χ3v) is 11.8. The second-order valence-corrected chi connectivity index (χ2v) is 17.4. The van der Waals surface area contributed by atoms with E-state index < -0.39 is 27.3 Å². The topological polar surface area (TPSA) is 93.7 Å². The SMILES string of the molecule is CC(C)(C)OC(=O)N1CCN(CC(=O)N(CC2CC2)C2CCN(CC[C@@H](c3cc(F)cc(F)c3)C3CCN(S(C)(=O)=O)CC3)CC2)CC1. The Labute approximate surface area is 285 Å². The summed E-state index contributed by atoms with van der Waals surface area (Å²) in [5.74, 6) is -0.362. The van der Waals surface area contributed by atoms with Gasteiger partial charge in [-0.15, -0.1) is 0 Å². The lowest BCUT2D eigenvalue weighted by molar-refractivity contribution is -0.136. The van der Waals surface area contributed by atoms with E-state index in [1.807, 2.05) is 20.8 Å². The summed E-state index contributed by atoms with van der Waals surface area (Å²) < 4.78 is 59.8. The Hall–Kier alpha value is -2.35. The van der Waals surface area contributed by atoms with Gasteiger partial charge in [0.25, 0.3) is 0 Å². The molecule has 13 heteroatoms. The Morgan fingerprint density at radius 1 is 0.875 bits per heavy atom. The van der Waals surface area contributed by atoms with Crippen molar-refractivity contribution in [3.63, 3.8) is 0 Å². The van der Waals surface area contributed by atoms with Crippen LogP contribution in [-0.2, 0) is 19.6 Å². The molecule has 0 spiro atoms. The zero-order chi connectivity index (χ0) is 34.6. The summed E-state index contributed by atoms with van der Waals surface area (Å²) >= 11 is 0. The zero-order valence-electron chi connectivity index (χ0n) is 29.2. The van der Waals surface area contributed by atoms with Gasteiger partial charge >= 0.3 is 6.09 Å². The van der Waals surface area contributed by atoms with Crippen LogP contribution in [0, 0.1) is 23.5 Å². The number of hydrogen-bond donors (Lipinski definition) is 0. The second-order valence-electron chi connectivity index (χ2n) is 15.4. The number of carbonyl (C=O) groups excluding carboxylic acids is 2. The Morgan fingerprint density at radius 2 is 1.48 bits per heavy atom. The van der Waals surface area contributed by atoms with Crippen molar-refractivity contribution in [2.45, 2.75) is 83.3 Å². The number of carbonyl (C=O) groups is 2. The molecule has 1 aliphatic carbocycles. The van der Waals surface area contributed by atoms with E-state index >= 15 is 0 Å². The third-order valence-electron chi connectivity index (χ3n) is 10.5. The molecule has 3 aliphatic heterocycles. The average molecular weight is 696 g/mol. The van der Waals surface area contributed by atoms with Gasteiger partial charge in [0, 0.05) is 71.0 Å². The van der Waals surface area contributed by atoms with Gasteiger partial charge in [-0.25, -0.2) is 26.3 Å². The predicted octanol–water partition coefficient (Wildman–Crippen LogP) is 4.37. The van der Waals surface area contributed by atoms with E-state index in [-0.39, 0.29) is 29.9 Å². The first kappa shape index (κ1) is 36.9. The molecule has 1 saturated carbocycles. The van der Waals surface area contributed by atoms with Crippen LogP contribution in [-0.4, -0.2) is 134 Å². The highest BCUT2D eigenvalue weighted by molar-refractivity contribution is 7.88. The summed E-state index contributed by atoms with van der Waals surface area (Å²) in [5, 5.41) is 0. The Balaban J connectivity index is 1.14. The van der Waals surface area contributed by atoms with Crippen LogP contribution in [0.1, 0.15) is 77.2 Å². The molecule has 3 saturated heterocycles. The molecule has 1 aromatic carbocycles. The summed E-state index contributed by atoms with van der Waals surface area (Å²) in [6.45, 7) is 12.5. The van der Waals surface area contributed by atoms with Crippen LogP contribution in [0.5, 0.6) is 0 Å². The lowest BCUT2D eigenvalue weighted by Gasteiger charge is -2.41. The number of rotatable bonds is 11. The van der Waals surface area contributed by atoms with Crippen LogP contribution in [0.25, 0.3) is 0 Å². The number of benzene rings is 1. The molecule has 0 unspecified atom stereocenters. The molecule has 1 atom stereocenters. The van der Waals surface area contributed by atoms with Crippen molar-refractivity contribution in [1.82, 2.24) is 23.9 Å². The molecule has 0 aromatic heterocycles. The smallest absolute Gasteiger partial charge is 0.410 e. The maximum Gasteiger partial charge on any atom is 0.410 e. The molecular formula is C35H55F2N5O5S. The van der Waals surface area contributed by atoms with Gasteiger partial charge in [0.15, 0.2) is 0 Å². The second kappa shape index (κ2) is 15.7. The first-order valence-electron chi connectivity index (χ1n) is 17.8. The van der Waals surface area contributed by atoms with Crippen molar-refractivity contribution in [2.75, 3.05) is 78.2 Å². The van der Waals surface area contributed by atoms with Crippen LogP contribution in [0.15, 0.2) is 18.2 Å². The van der Waals surface area contributed by atoms with Crippen molar-refractivity contribution in [1.29, 1.82) is 0 Å². The molecule has 1 aromatic rings. The normalized spacial score (nSPS) is 22.1. The fraction of sp³-hybridized carbons (Fsp3) is 0.771. The summed E-state index contributed by atoms with van der Waals surface area (Å²) in [6, 6.07) is 3.95. The van der Waals surface area contributed by atoms with Gasteiger partial charge in [0.1, 0.15) is 17.2 Å². The number of ether oxygens (including phenoxy) is 1. The van der Waals surface area contributed by atoms with E-state index in [9.17, 15) is 26.8 Å². The van der Waals surface area contributed by atoms with E-state index in [0.29, 0.717) is 70.1 Å². The molecule has 0 N–H and O–H groups in total. The van der Waals surface area contributed by atoms with Crippen LogP contribution in [0.4, 0.5) is 13.6 Å². The Kier molecular flexibility index (Phi) is 12.1. The fourth-order valence-electron chi connectivity index (χ4n) is 7.58. The molecule has 48 heavy (non-hydrogen) atoms. The first-order valence-corrected chi connectivity index (χ1v) is 19.6. The Bertz CT molecular complexity index is 1340. The van der Waals surface area contributed by atoms with Crippen LogP contribution >= 0.6 is 0 Å². The molecule has 0 radical (unpaired) electrons. The highest BCUT2D eigenvalue weighted by atomic mass is 32.2. The molecule has 10 nitrogen and oxygen atoms in total. The lowest BCUT2D eigenvalue weighted by Crippen LogP contribution is -2.54. The summed E-state index contributed by atoms with van der Waals surface area (Å²) in [7, 11) is -3.27. The van der Waals surface area contributed by atoms with Gasteiger partial charge in [-0.2, -0.15) is 0 Å². The number of piperazine rings is 1. The fourth-order valence-corrected chi connectivity index (χ4v) is 8.45. The molecule has 5 rings (SSSR count). The van der Waals surface area contributed by atoms with Gasteiger partial charge < -0.3 is 19.4 Å². The first-order chi connectivity index (χ1) is 22.6. The molecule has 4 fully saturated rings. The summed E-state index contributed by atoms with van der Waals surface area (Å²) in [4.78, 5) is 34.6. The molecule has 270 valence electrons. The monoisotopic (exact) mass is 695 g/mol. The maximum absolute atomic E-state index is 14.3. The minimum Gasteiger partial charge on any atom is -0.444 e. The van der Waals surface area contributed by atoms with Crippen molar-refractivity contribution < 1.29 is 31.5 Å². The van der Waals surface area contributed by atoms with E-state index in [4.69, 9.17) is 4.74 Å². The van der Waals surface area contributed by atoms with Gasteiger partial charge in [0.05, 0.1) is 12.8 Å². The van der Waals surface area contributed by atoms with E-state index in [1.54, 1.807) is 4.90 Å². The average Bonchev–Trinajstić information content (AvgIpc) is 3.84. The number of piperidine rings is 2. The van der Waals surface area contributed by atoms with E-state index in [1.165, 1.54) is 35.5 Å². The minimum atomic E-state index is -3.27. The predicted molar refractivity (Wildman–Crippen MR) is 181 cm³/mol. The number of sulfonamides is 1. The number of amides is 2. The molecular weight excluding hydrogens is 640 g/mol. The number of halogens is 2. The number of likely N-dealkylation sites (tertiary alicyclic amines) is 1. The van der Waals surface area contributed by atoms with Gasteiger partial charge in [-0.3, -0.25) is 9.69 Å². The Morgan fingerprint density at radius 3 is 2.02 bits per heavy atom. The van der Waals surface area contributed by atoms with Gasteiger partial charge in [0.2, 0.25) is 15.9 Å². The molecule has 0 bridgehead atoms. The van der Waals surface area contributed by atoms with Crippen molar-refractivity contribution >= 4 is 22.0 Å². The van der Waals surface area contributed by atoms with Crippen molar-refractivity contribution in [3.05, 3.63) is 35.4 Å². The quantitative estimate of drug-likeness (QED) is 0.340. The molecule has 4 aliphatic rings. The zero-order valence-corrected chi connectivity index (χ0v) is 30.0. The van der Waals surface area contributed by atoms with Gasteiger partial charge in [-0.05, 0) is 108 Å². The lowest BCUT2D eigenvalue weighted by atomic mass is 9.78. The number of nitrogens with zero attached hydrogens (tertiary/aromatic N) is 5. The maximum atomic E-state index is 14.3. The van der Waals surface area contributed by atoms with E-state index in [0.717, 1.165) is 51.5 Å². The van der Waals surface area contributed by atoms with Crippen molar-refractivity contribution in [3.8, 4) is 0 Å². The van der Waals surface area contributed by atoms with Crippen molar-refractivity contribution in [2.24, 2.45) is 11.8 Å². The molecule has 3 heterocycles. The minimum absolute atomic E-state index is 0.0710. The number of hydrogen-bond acceptors (Lipinski definition) is 7. The van der Waals surface area contributed by atoms with E-state index in [2.05, 4.69) is 14.7 Å². The highest BCUT2D eigenvalue weighted by Crippen LogP contribution is 2.37. The summed E-state index contributed by atoms with van der Waals surface area (Å²) in [6.07, 6.45) is 7.08. The standard InChI is InChI=1S/C35H55F2N5O5S/c1-35(2,3)47-34(44)40-19-17-39(18-20-40)25-33(43)42(24-26-5-6-26)31-9-12-38(13-10-31)14-11-32(28-21-29(36)23-30(37)22-28)27-7-15-41(16-8-27)48(4,45)46/h21-23,26-27,31-32H,5-20,24-25H2,1-4H3/t32-/m1/s1. The van der Waals surface area contributed by atoms with Crippen LogP contribution in [0.2, 0.25) is 0 Å². The molecule has 2 amide bonds.